The molecule has 0 fully saturated rings. The van der Waals surface area contributed by atoms with Crippen molar-refractivity contribution < 1.29 is 14.8 Å². The zero-order chi connectivity index (χ0) is 16.8. The maximum absolute atomic E-state index is 11.4. The lowest BCUT2D eigenvalue weighted by Crippen LogP contribution is -2.26. The number of carbonyl (C=O) groups excluding carboxylic acids is 1. The van der Waals surface area contributed by atoms with Crippen LogP contribution in [0.1, 0.15) is 22.8 Å². The molecule has 1 atom stereocenters. The van der Waals surface area contributed by atoms with Gasteiger partial charge in [-0.15, -0.1) is 0 Å². The summed E-state index contributed by atoms with van der Waals surface area (Å²) in [5, 5.41) is 23.7. The smallest absolute Gasteiger partial charge is 0.293 e. The number of benzene rings is 2. The van der Waals surface area contributed by atoms with Crippen molar-refractivity contribution in [2.75, 3.05) is 11.9 Å². The summed E-state index contributed by atoms with van der Waals surface area (Å²) in [6.45, 7) is 1.19. The fourth-order valence-electron chi connectivity index (χ4n) is 2.30. The highest BCUT2D eigenvalue weighted by Crippen LogP contribution is 2.27. The van der Waals surface area contributed by atoms with E-state index >= 15 is 0 Å². The fraction of sp³-hybridized carbons (Fsp3) is 0.235. The maximum Gasteiger partial charge on any atom is 0.293 e. The van der Waals surface area contributed by atoms with Crippen LogP contribution in [-0.2, 0) is 6.42 Å². The molecule has 6 heteroatoms. The third kappa shape index (κ3) is 4.37. The Kier molecular flexibility index (Phi) is 5.43. The number of carbonyl (C=O) groups is 1. The molecule has 0 heterocycles. The Hall–Kier alpha value is -2.73. The molecule has 0 bridgehead atoms. The van der Waals surface area contributed by atoms with Crippen molar-refractivity contribution in [1.82, 2.24) is 0 Å². The van der Waals surface area contributed by atoms with Crippen LogP contribution >= 0.6 is 0 Å². The molecule has 0 amide bonds. The lowest BCUT2D eigenvalue weighted by molar-refractivity contribution is -0.384. The van der Waals surface area contributed by atoms with E-state index in [1.807, 2.05) is 30.3 Å². The lowest BCUT2D eigenvalue weighted by Gasteiger charge is -2.18. The summed E-state index contributed by atoms with van der Waals surface area (Å²) in [5.41, 5.74) is 1.41. The van der Waals surface area contributed by atoms with E-state index in [0.717, 1.165) is 5.56 Å². The zero-order valence-electron chi connectivity index (χ0n) is 12.7. The predicted octanol–water partition coefficient (Wildman–Crippen LogP) is 2.81. The molecule has 0 spiro atoms. The summed E-state index contributed by atoms with van der Waals surface area (Å²) < 4.78 is 0. The van der Waals surface area contributed by atoms with Gasteiger partial charge < -0.3 is 10.4 Å². The first-order valence-electron chi connectivity index (χ1n) is 7.22. The lowest BCUT2D eigenvalue weighted by atomic mass is 10.1. The number of aliphatic hydroxyl groups is 1. The minimum absolute atomic E-state index is 0.166. The summed E-state index contributed by atoms with van der Waals surface area (Å²) in [7, 11) is 0. The number of nitro groups is 1. The summed E-state index contributed by atoms with van der Waals surface area (Å²) >= 11 is 0. The molecular formula is C17H18N2O4. The Balaban J connectivity index is 2.23. The van der Waals surface area contributed by atoms with Crippen molar-refractivity contribution in [1.29, 1.82) is 0 Å². The topological polar surface area (TPSA) is 92.5 Å². The van der Waals surface area contributed by atoms with E-state index in [0.29, 0.717) is 6.42 Å². The van der Waals surface area contributed by atoms with Crippen molar-refractivity contribution in [3.05, 3.63) is 69.8 Å². The highest BCUT2D eigenvalue weighted by molar-refractivity contribution is 5.95. The first-order chi connectivity index (χ1) is 11.0. The van der Waals surface area contributed by atoms with E-state index in [-0.39, 0.29) is 35.4 Å². The Morgan fingerprint density at radius 1 is 1.26 bits per heavy atom. The van der Waals surface area contributed by atoms with Crippen LogP contribution in [0, 0.1) is 10.1 Å². The second kappa shape index (κ2) is 7.51. The first-order valence-corrected chi connectivity index (χ1v) is 7.22. The number of ketones is 1. The van der Waals surface area contributed by atoms with Gasteiger partial charge in [-0.25, -0.2) is 0 Å². The van der Waals surface area contributed by atoms with Gasteiger partial charge in [-0.2, -0.15) is 0 Å². The molecule has 0 aliphatic heterocycles. The van der Waals surface area contributed by atoms with Gasteiger partial charge in [0.2, 0.25) is 0 Å². The Labute approximate surface area is 133 Å². The minimum atomic E-state index is -0.536. The Morgan fingerprint density at radius 3 is 2.52 bits per heavy atom. The van der Waals surface area contributed by atoms with Crippen LogP contribution in [-0.4, -0.2) is 28.5 Å². The van der Waals surface area contributed by atoms with Crippen LogP contribution in [0.4, 0.5) is 11.4 Å². The number of anilines is 1. The van der Waals surface area contributed by atoms with E-state index < -0.39 is 4.92 Å². The third-order valence-corrected chi connectivity index (χ3v) is 3.51. The Bertz CT molecular complexity index is 701. The van der Waals surface area contributed by atoms with Crippen LogP contribution in [0.25, 0.3) is 0 Å². The molecule has 6 nitrogen and oxygen atoms in total. The summed E-state index contributed by atoms with van der Waals surface area (Å²) in [5.74, 6) is -0.234. The van der Waals surface area contributed by atoms with Gasteiger partial charge >= 0.3 is 0 Å². The molecule has 0 aliphatic carbocycles. The molecule has 0 saturated carbocycles. The van der Waals surface area contributed by atoms with Gasteiger partial charge in [-0.3, -0.25) is 14.9 Å². The number of hydrogen-bond donors (Lipinski definition) is 2. The number of nitrogens with one attached hydrogen (secondary N) is 1. The zero-order valence-corrected chi connectivity index (χ0v) is 12.7. The quantitative estimate of drug-likeness (QED) is 0.466. The number of nitro benzene ring substituents is 1. The van der Waals surface area contributed by atoms with Crippen LogP contribution in [0.3, 0.4) is 0 Å². The highest BCUT2D eigenvalue weighted by Gasteiger charge is 2.19. The van der Waals surface area contributed by atoms with Gasteiger partial charge in [0.05, 0.1) is 17.6 Å². The van der Waals surface area contributed by atoms with Gasteiger partial charge in [0.15, 0.2) is 5.78 Å². The second-order valence-electron chi connectivity index (χ2n) is 5.26. The fourth-order valence-corrected chi connectivity index (χ4v) is 2.30. The SMILES string of the molecule is CC(=O)c1ccc(N[C@H](CO)Cc2ccccc2)c([N+](=O)[O-])c1. The molecule has 2 rings (SSSR count). The molecule has 2 aromatic rings. The average Bonchev–Trinajstić information content (AvgIpc) is 2.55. The third-order valence-electron chi connectivity index (χ3n) is 3.51. The molecule has 2 aromatic carbocycles. The number of rotatable bonds is 7. The molecule has 0 aromatic heterocycles. The maximum atomic E-state index is 11.4. The van der Waals surface area contributed by atoms with Crippen LogP contribution in [0.5, 0.6) is 0 Å². The summed E-state index contributed by atoms with van der Waals surface area (Å²) in [6, 6.07) is 13.5. The van der Waals surface area contributed by atoms with Gasteiger partial charge in [0.25, 0.3) is 5.69 Å². The molecule has 23 heavy (non-hydrogen) atoms. The minimum Gasteiger partial charge on any atom is -0.394 e. The standard InChI is InChI=1S/C17H18N2O4/c1-12(21)14-7-8-16(17(10-14)19(22)23)18-15(11-20)9-13-5-3-2-4-6-13/h2-8,10,15,18,20H,9,11H2,1H3/t15-/m0/s1. The molecule has 120 valence electrons. The normalized spacial score (nSPS) is 11.7. The van der Waals surface area contributed by atoms with E-state index in [4.69, 9.17) is 0 Å². The first kappa shape index (κ1) is 16.6. The van der Waals surface area contributed by atoms with E-state index in [9.17, 15) is 20.0 Å². The van der Waals surface area contributed by atoms with Crippen molar-refractivity contribution >= 4 is 17.2 Å². The number of aliphatic hydroxyl groups excluding tert-OH is 1. The van der Waals surface area contributed by atoms with E-state index in [1.165, 1.54) is 25.1 Å². The van der Waals surface area contributed by atoms with Gasteiger partial charge in [-0.1, -0.05) is 30.3 Å². The summed E-state index contributed by atoms with van der Waals surface area (Å²) in [4.78, 5) is 22.0. The van der Waals surface area contributed by atoms with Gasteiger partial charge in [0, 0.05) is 11.6 Å². The van der Waals surface area contributed by atoms with Gasteiger partial charge in [-0.05, 0) is 31.0 Å². The van der Waals surface area contributed by atoms with Crippen molar-refractivity contribution in [2.24, 2.45) is 0 Å². The molecule has 0 radical (unpaired) electrons. The highest BCUT2D eigenvalue weighted by atomic mass is 16.6. The van der Waals surface area contributed by atoms with Crippen LogP contribution < -0.4 is 5.32 Å². The Morgan fingerprint density at radius 2 is 1.96 bits per heavy atom. The van der Waals surface area contributed by atoms with Crippen LogP contribution in [0.2, 0.25) is 0 Å². The van der Waals surface area contributed by atoms with Crippen molar-refractivity contribution in [3.8, 4) is 0 Å². The predicted molar refractivity (Wildman–Crippen MR) is 87.7 cm³/mol. The monoisotopic (exact) mass is 314 g/mol. The summed E-state index contributed by atoms with van der Waals surface area (Å²) in [6.07, 6.45) is 0.531. The number of hydrogen-bond acceptors (Lipinski definition) is 5. The molecule has 0 unspecified atom stereocenters. The molecule has 0 saturated heterocycles. The number of Topliss-reactive ketones (excluding diaryl/α,β-unsaturated/α-hetero) is 1. The van der Waals surface area contributed by atoms with E-state index in [1.54, 1.807) is 0 Å². The largest absolute Gasteiger partial charge is 0.394 e. The molecule has 2 N–H and O–H groups in total. The van der Waals surface area contributed by atoms with E-state index in [2.05, 4.69) is 5.32 Å². The van der Waals surface area contributed by atoms with Crippen molar-refractivity contribution in [3.63, 3.8) is 0 Å². The van der Waals surface area contributed by atoms with Crippen LogP contribution in [0.15, 0.2) is 48.5 Å². The second-order valence-corrected chi connectivity index (χ2v) is 5.26. The number of nitrogens with zero attached hydrogens (tertiary/aromatic N) is 1. The average molecular weight is 314 g/mol. The van der Waals surface area contributed by atoms with Crippen molar-refractivity contribution in [2.45, 2.75) is 19.4 Å². The van der Waals surface area contributed by atoms with Gasteiger partial charge in [0.1, 0.15) is 5.69 Å². The molecular weight excluding hydrogens is 296 g/mol. The molecule has 0 aliphatic rings.